The molecule has 0 amide bonds. The van der Waals surface area contributed by atoms with Crippen LogP contribution in [0.4, 0.5) is 0 Å². The Kier molecular flexibility index (Phi) is 3.95. The van der Waals surface area contributed by atoms with Gasteiger partial charge < -0.3 is 10.5 Å². The summed E-state index contributed by atoms with van der Waals surface area (Å²) in [5, 5.41) is 2.32. The van der Waals surface area contributed by atoms with Crippen molar-refractivity contribution in [3.63, 3.8) is 0 Å². The third-order valence-electron chi connectivity index (χ3n) is 3.48. The molecule has 0 saturated carbocycles. The van der Waals surface area contributed by atoms with Crippen LogP contribution in [0.2, 0.25) is 0 Å². The third-order valence-corrected chi connectivity index (χ3v) is 4.30. The van der Waals surface area contributed by atoms with E-state index in [1.807, 2.05) is 30.3 Å². The molecule has 0 aliphatic rings. The lowest BCUT2D eigenvalue weighted by Crippen LogP contribution is -2.00. The molecule has 0 aliphatic carbocycles. The van der Waals surface area contributed by atoms with Crippen LogP contribution in [0.5, 0.6) is 11.5 Å². The fourth-order valence-corrected chi connectivity index (χ4v) is 2.95. The van der Waals surface area contributed by atoms with E-state index in [1.54, 1.807) is 0 Å². The van der Waals surface area contributed by atoms with E-state index in [2.05, 4.69) is 47.1 Å². The van der Waals surface area contributed by atoms with Crippen molar-refractivity contribution in [2.75, 3.05) is 0 Å². The van der Waals surface area contributed by atoms with Crippen LogP contribution < -0.4 is 10.5 Å². The largest absolute Gasteiger partial charge is 0.456 e. The van der Waals surface area contributed by atoms with Gasteiger partial charge in [0, 0.05) is 12.1 Å². The Morgan fingerprint density at radius 2 is 1.76 bits per heavy atom. The second-order valence-corrected chi connectivity index (χ2v) is 5.81. The van der Waals surface area contributed by atoms with Gasteiger partial charge in [0.15, 0.2) is 0 Å². The second-order valence-electron chi connectivity index (χ2n) is 5.02. The number of rotatable bonds is 3. The van der Waals surface area contributed by atoms with Crippen LogP contribution in [0.3, 0.4) is 0 Å². The highest BCUT2D eigenvalue weighted by Gasteiger charge is 2.09. The number of hydrogen-bond acceptors (Lipinski definition) is 2. The van der Waals surface area contributed by atoms with Crippen molar-refractivity contribution in [1.29, 1.82) is 0 Å². The van der Waals surface area contributed by atoms with E-state index in [9.17, 15) is 0 Å². The number of fused-ring (bicyclic) bond motifs is 1. The molecule has 106 valence electrons. The number of ether oxygens (including phenoxy) is 1. The van der Waals surface area contributed by atoms with Crippen molar-refractivity contribution in [2.45, 2.75) is 13.5 Å². The molecule has 0 saturated heterocycles. The molecule has 3 rings (SSSR count). The van der Waals surface area contributed by atoms with Crippen LogP contribution in [0.15, 0.2) is 59.1 Å². The SMILES string of the molecule is Cc1ccc(Oc2ccc3ccccc3c2Br)c(CN)c1. The number of hydrogen-bond donors (Lipinski definition) is 1. The molecular weight excluding hydrogens is 326 g/mol. The lowest BCUT2D eigenvalue weighted by atomic mass is 10.1. The molecule has 0 bridgehead atoms. The van der Waals surface area contributed by atoms with E-state index in [0.717, 1.165) is 26.9 Å². The van der Waals surface area contributed by atoms with Gasteiger partial charge in [-0.2, -0.15) is 0 Å². The predicted molar refractivity (Wildman–Crippen MR) is 90.8 cm³/mol. The standard InChI is InChI=1S/C18H16BrNO/c1-12-6-8-16(14(10-12)11-20)21-17-9-7-13-4-2-3-5-15(13)18(17)19/h2-10H,11,20H2,1H3. The maximum absolute atomic E-state index is 6.07. The van der Waals surface area contributed by atoms with E-state index in [4.69, 9.17) is 10.5 Å². The molecule has 2 nitrogen and oxygen atoms in total. The molecule has 0 heterocycles. The first-order valence-electron chi connectivity index (χ1n) is 6.84. The van der Waals surface area contributed by atoms with Gasteiger partial charge in [0.1, 0.15) is 11.5 Å². The molecule has 0 aliphatic heterocycles. The van der Waals surface area contributed by atoms with Gasteiger partial charge in [0.05, 0.1) is 4.47 Å². The Hall–Kier alpha value is -1.84. The molecule has 3 heteroatoms. The van der Waals surface area contributed by atoms with Crippen molar-refractivity contribution >= 4 is 26.7 Å². The number of aryl methyl sites for hydroxylation is 1. The second kappa shape index (κ2) is 5.88. The first-order chi connectivity index (χ1) is 10.2. The quantitative estimate of drug-likeness (QED) is 0.713. The van der Waals surface area contributed by atoms with Gasteiger partial charge in [0.25, 0.3) is 0 Å². The summed E-state index contributed by atoms with van der Waals surface area (Å²) in [6.07, 6.45) is 0. The molecule has 0 unspecified atom stereocenters. The summed E-state index contributed by atoms with van der Waals surface area (Å²) in [7, 11) is 0. The zero-order valence-electron chi connectivity index (χ0n) is 11.8. The van der Waals surface area contributed by atoms with Crippen LogP contribution in [0, 0.1) is 6.92 Å². The zero-order chi connectivity index (χ0) is 14.8. The molecular formula is C18H16BrNO. The lowest BCUT2D eigenvalue weighted by molar-refractivity contribution is 0.474. The van der Waals surface area contributed by atoms with Crippen LogP contribution in [-0.4, -0.2) is 0 Å². The van der Waals surface area contributed by atoms with Gasteiger partial charge in [-0.25, -0.2) is 0 Å². The minimum atomic E-state index is 0.461. The van der Waals surface area contributed by atoms with Gasteiger partial charge in [0.2, 0.25) is 0 Å². The predicted octanol–water partition coefficient (Wildman–Crippen LogP) is 5.16. The first-order valence-corrected chi connectivity index (χ1v) is 7.63. The highest BCUT2D eigenvalue weighted by molar-refractivity contribution is 9.10. The summed E-state index contributed by atoms with van der Waals surface area (Å²) in [6, 6.07) is 18.3. The van der Waals surface area contributed by atoms with E-state index in [0.29, 0.717) is 6.54 Å². The molecule has 2 N–H and O–H groups in total. The minimum absolute atomic E-state index is 0.461. The van der Waals surface area contributed by atoms with Crippen molar-refractivity contribution < 1.29 is 4.74 Å². The lowest BCUT2D eigenvalue weighted by Gasteiger charge is -2.13. The fourth-order valence-electron chi connectivity index (χ4n) is 2.38. The normalized spacial score (nSPS) is 10.8. The average molecular weight is 342 g/mol. The minimum Gasteiger partial charge on any atom is -0.456 e. The van der Waals surface area contributed by atoms with Crippen LogP contribution in [0.1, 0.15) is 11.1 Å². The highest BCUT2D eigenvalue weighted by atomic mass is 79.9. The molecule has 0 aromatic heterocycles. The van der Waals surface area contributed by atoms with E-state index >= 15 is 0 Å². The Morgan fingerprint density at radius 3 is 2.57 bits per heavy atom. The molecule has 0 atom stereocenters. The Morgan fingerprint density at radius 1 is 1.00 bits per heavy atom. The summed E-state index contributed by atoms with van der Waals surface area (Å²) < 4.78 is 7.03. The zero-order valence-corrected chi connectivity index (χ0v) is 13.4. The van der Waals surface area contributed by atoms with Crippen LogP contribution >= 0.6 is 15.9 Å². The molecule has 21 heavy (non-hydrogen) atoms. The summed E-state index contributed by atoms with van der Waals surface area (Å²) in [6.45, 7) is 2.51. The number of halogens is 1. The van der Waals surface area contributed by atoms with Gasteiger partial charge >= 0.3 is 0 Å². The molecule has 0 spiro atoms. The van der Waals surface area contributed by atoms with Gasteiger partial charge in [-0.15, -0.1) is 0 Å². The monoisotopic (exact) mass is 341 g/mol. The summed E-state index contributed by atoms with van der Waals surface area (Å²) >= 11 is 3.64. The molecule has 3 aromatic carbocycles. The van der Waals surface area contributed by atoms with Gasteiger partial charge in [-0.1, -0.05) is 48.0 Å². The first kappa shape index (κ1) is 14.1. The van der Waals surface area contributed by atoms with Crippen LogP contribution in [-0.2, 0) is 6.54 Å². The van der Waals surface area contributed by atoms with E-state index < -0.39 is 0 Å². The topological polar surface area (TPSA) is 35.2 Å². The van der Waals surface area contributed by atoms with Crippen molar-refractivity contribution in [1.82, 2.24) is 0 Å². The summed E-state index contributed by atoms with van der Waals surface area (Å²) in [5.41, 5.74) is 8.00. The third kappa shape index (κ3) is 2.80. The molecule has 0 radical (unpaired) electrons. The highest BCUT2D eigenvalue weighted by Crippen LogP contribution is 2.36. The van der Waals surface area contributed by atoms with Crippen molar-refractivity contribution in [3.05, 3.63) is 70.2 Å². The Labute approximate surface area is 132 Å². The fraction of sp³-hybridized carbons (Fsp3) is 0.111. The van der Waals surface area contributed by atoms with Crippen molar-refractivity contribution in [3.8, 4) is 11.5 Å². The summed E-state index contributed by atoms with van der Waals surface area (Å²) in [4.78, 5) is 0. The van der Waals surface area contributed by atoms with Gasteiger partial charge in [-0.3, -0.25) is 0 Å². The van der Waals surface area contributed by atoms with Crippen LogP contribution in [0.25, 0.3) is 10.8 Å². The molecule has 0 fully saturated rings. The number of benzene rings is 3. The average Bonchev–Trinajstić information content (AvgIpc) is 2.51. The van der Waals surface area contributed by atoms with E-state index in [-0.39, 0.29) is 0 Å². The van der Waals surface area contributed by atoms with E-state index in [1.165, 1.54) is 10.9 Å². The van der Waals surface area contributed by atoms with Crippen molar-refractivity contribution in [2.24, 2.45) is 5.73 Å². The molecule has 3 aromatic rings. The Bertz CT molecular complexity index is 798. The maximum atomic E-state index is 6.07. The Balaban J connectivity index is 2.04. The smallest absolute Gasteiger partial charge is 0.142 e. The summed E-state index contributed by atoms with van der Waals surface area (Å²) in [5.74, 6) is 1.60. The maximum Gasteiger partial charge on any atom is 0.142 e. The van der Waals surface area contributed by atoms with Gasteiger partial charge in [-0.05, 0) is 45.8 Å². The number of nitrogens with two attached hydrogens (primary N) is 1.